The summed E-state index contributed by atoms with van der Waals surface area (Å²) in [5.74, 6) is 0.157. The zero-order chi connectivity index (χ0) is 19.2. The molecule has 1 amide bonds. The van der Waals surface area contributed by atoms with Gasteiger partial charge in [0.1, 0.15) is 5.69 Å². The maximum Gasteiger partial charge on any atom is 0.224 e. The highest BCUT2D eigenvalue weighted by Gasteiger charge is 2.28. The second-order valence-corrected chi connectivity index (χ2v) is 6.97. The predicted octanol–water partition coefficient (Wildman–Crippen LogP) is 2.06. The summed E-state index contributed by atoms with van der Waals surface area (Å²) in [6.07, 6.45) is 6.87. The molecule has 1 aliphatic rings. The molecule has 0 spiro atoms. The quantitative estimate of drug-likeness (QED) is 0.598. The normalized spacial score (nSPS) is 16.6. The molecule has 146 valence electrons. The number of rotatable bonds is 8. The van der Waals surface area contributed by atoms with Crippen molar-refractivity contribution in [2.45, 2.75) is 38.6 Å². The second-order valence-electron chi connectivity index (χ2n) is 6.97. The molecule has 0 bridgehead atoms. The van der Waals surface area contributed by atoms with Gasteiger partial charge in [-0.05, 0) is 18.1 Å². The fourth-order valence-corrected chi connectivity index (χ4v) is 3.39. The van der Waals surface area contributed by atoms with Crippen LogP contribution in [-0.4, -0.2) is 48.7 Å². The summed E-state index contributed by atoms with van der Waals surface area (Å²) in [6, 6.07) is 12.1. The van der Waals surface area contributed by atoms with Gasteiger partial charge in [0.2, 0.25) is 5.91 Å². The maximum atomic E-state index is 12.4. The van der Waals surface area contributed by atoms with E-state index >= 15 is 0 Å². The van der Waals surface area contributed by atoms with Crippen LogP contribution in [0.25, 0.3) is 0 Å². The number of benzene rings is 1. The van der Waals surface area contributed by atoms with Crippen molar-refractivity contribution in [3.63, 3.8) is 0 Å². The SMILES string of the molecule is O=C(CCn1cccn1)N1CCC(n2cc(COCc3ccccc3)nn2)C1. The number of hydrogen-bond donors (Lipinski definition) is 0. The average molecular weight is 380 g/mol. The monoisotopic (exact) mass is 380 g/mol. The minimum atomic E-state index is 0.157. The lowest BCUT2D eigenvalue weighted by Crippen LogP contribution is -2.30. The van der Waals surface area contributed by atoms with E-state index in [1.165, 1.54) is 0 Å². The Morgan fingerprint density at radius 2 is 2.07 bits per heavy atom. The van der Waals surface area contributed by atoms with E-state index in [2.05, 4.69) is 15.4 Å². The van der Waals surface area contributed by atoms with Crippen molar-refractivity contribution in [1.29, 1.82) is 0 Å². The van der Waals surface area contributed by atoms with Crippen LogP contribution in [0.5, 0.6) is 0 Å². The van der Waals surface area contributed by atoms with Gasteiger partial charge in [0, 0.05) is 38.4 Å². The number of ether oxygens (including phenoxy) is 1. The van der Waals surface area contributed by atoms with Crippen LogP contribution >= 0.6 is 0 Å². The molecule has 1 aromatic carbocycles. The number of likely N-dealkylation sites (tertiary alicyclic amines) is 1. The van der Waals surface area contributed by atoms with Crippen LogP contribution in [0.15, 0.2) is 55.0 Å². The molecule has 0 radical (unpaired) electrons. The molecule has 1 fully saturated rings. The number of carbonyl (C=O) groups is 1. The zero-order valence-electron chi connectivity index (χ0n) is 15.7. The van der Waals surface area contributed by atoms with Gasteiger partial charge in [-0.2, -0.15) is 5.10 Å². The van der Waals surface area contributed by atoms with Crippen molar-refractivity contribution in [2.75, 3.05) is 13.1 Å². The van der Waals surface area contributed by atoms with Gasteiger partial charge in [-0.1, -0.05) is 35.5 Å². The van der Waals surface area contributed by atoms with Crippen molar-refractivity contribution in [3.05, 3.63) is 66.2 Å². The summed E-state index contributed by atoms with van der Waals surface area (Å²) in [7, 11) is 0. The van der Waals surface area contributed by atoms with Crippen LogP contribution < -0.4 is 0 Å². The van der Waals surface area contributed by atoms with Crippen molar-refractivity contribution < 1.29 is 9.53 Å². The lowest BCUT2D eigenvalue weighted by Gasteiger charge is -2.16. The minimum Gasteiger partial charge on any atom is -0.370 e. The second kappa shape index (κ2) is 8.79. The molecule has 0 aliphatic carbocycles. The number of aryl methyl sites for hydroxylation is 1. The lowest BCUT2D eigenvalue weighted by molar-refractivity contribution is -0.130. The molecule has 28 heavy (non-hydrogen) atoms. The van der Waals surface area contributed by atoms with E-state index in [4.69, 9.17) is 4.74 Å². The van der Waals surface area contributed by atoms with Crippen LogP contribution in [0.1, 0.15) is 30.1 Å². The van der Waals surface area contributed by atoms with E-state index in [1.807, 2.05) is 58.4 Å². The molecule has 8 nitrogen and oxygen atoms in total. The Morgan fingerprint density at radius 3 is 2.89 bits per heavy atom. The molecule has 1 atom stereocenters. The summed E-state index contributed by atoms with van der Waals surface area (Å²) in [4.78, 5) is 14.3. The van der Waals surface area contributed by atoms with Gasteiger partial charge in [0.25, 0.3) is 0 Å². The van der Waals surface area contributed by atoms with Gasteiger partial charge >= 0.3 is 0 Å². The van der Waals surface area contributed by atoms with Crippen LogP contribution in [0, 0.1) is 0 Å². The van der Waals surface area contributed by atoms with Crippen LogP contribution in [0.4, 0.5) is 0 Å². The largest absolute Gasteiger partial charge is 0.370 e. The Morgan fingerprint density at radius 1 is 1.18 bits per heavy atom. The van der Waals surface area contributed by atoms with Gasteiger partial charge in [-0.3, -0.25) is 9.48 Å². The first-order valence-electron chi connectivity index (χ1n) is 9.55. The summed E-state index contributed by atoms with van der Waals surface area (Å²) in [5, 5.41) is 12.6. The van der Waals surface area contributed by atoms with Crippen LogP contribution in [0.2, 0.25) is 0 Å². The van der Waals surface area contributed by atoms with Crippen molar-refractivity contribution in [1.82, 2.24) is 29.7 Å². The molecule has 3 aromatic rings. The van der Waals surface area contributed by atoms with Gasteiger partial charge < -0.3 is 9.64 Å². The predicted molar refractivity (Wildman–Crippen MR) is 102 cm³/mol. The Bertz CT molecular complexity index is 877. The van der Waals surface area contributed by atoms with Gasteiger partial charge in [-0.25, -0.2) is 4.68 Å². The molecular formula is C20H24N6O2. The highest BCUT2D eigenvalue weighted by atomic mass is 16.5. The van der Waals surface area contributed by atoms with Gasteiger partial charge in [0.05, 0.1) is 25.5 Å². The zero-order valence-corrected chi connectivity index (χ0v) is 15.7. The summed E-state index contributed by atoms with van der Waals surface area (Å²) in [5.41, 5.74) is 1.94. The number of nitrogens with zero attached hydrogens (tertiary/aromatic N) is 6. The Kier molecular flexibility index (Phi) is 5.77. The third-order valence-corrected chi connectivity index (χ3v) is 4.92. The van der Waals surface area contributed by atoms with Crippen molar-refractivity contribution in [3.8, 4) is 0 Å². The Labute approximate surface area is 163 Å². The van der Waals surface area contributed by atoms with E-state index in [0.29, 0.717) is 32.7 Å². The number of aromatic nitrogens is 5. The average Bonchev–Trinajstić information content (AvgIpc) is 3.48. The first-order chi connectivity index (χ1) is 13.8. The molecular weight excluding hydrogens is 356 g/mol. The fraction of sp³-hybridized carbons (Fsp3) is 0.400. The van der Waals surface area contributed by atoms with Crippen LogP contribution in [-0.2, 0) is 29.3 Å². The fourth-order valence-electron chi connectivity index (χ4n) is 3.39. The third kappa shape index (κ3) is 4.64. The topological polar surface area (TPSA) is 78.1 Å². The summed E-state index contributed by atoms with van der Waals surface area (Å²) in [6.45, 7) is 3.01. The van der Waals surface area contributed by atoms with Crippen molar-refractivity contribution in [2.24, 2.45) is 0 Å². The summed E-state index contributed by atoms with van der Waals surface area (Å²) >= 11 is 0. The Balaban J connectivity index is 1.23. The van der Waals surface area contributed by atoms with Crippen LogP contribution in [0.3, 0.4) is 0 Å². The highest BCUT2D eigenvalue weighted by molar-refractivity contribution is 5.76. The third-order valence-electron chi connectivity index (χ3n) is 4.92. The summed E-state index contributed by atoms with van der Waals surface area (Å²) < 4.78 is 9.37. The first-order valence-corrected chi connectivity index (χ1v) is 9.55. The molecule has 8 heteroatoms. The minimum absolute atomic E-state index is 0.157. The molecule has 0 N–H and O–H groups in total. The number of amides is 1. The van der Waals surface area contributed by atoms with E-state index in [9.17, 15) is 4.79 Å². The van der Waals surface area contributed by atoms with Crippen molar-refractivity contribution >= 4 is 5.91 Å². The maximum absolute atomic E-state index is 12.4. The number of hydrogen-bond acceptors (Lipinski definition) is 5. The van der Waals surface area contributed by atoms with Gasteiger partial charge in [-0.15, -0.1) is 5.10 Å². The molecule has 2 aromatic heterocycles. The molecule has 3 heterocycles. The van der Waals surface area contributed by atoms with Gasteiger partial charge in [0.15, 0.2) is 0 Å². The number of carbonyl (C=O) groups excluding carboxylic acids is 1. The Hall–Kier alpha value is -3.00. The standard InChI is InChI=1S/C20H24N6O2/c27-20(8-12-25-10-4-9-21-25)24-11-7-19(14-24)26-13-18(22-23-26)16-28-15-17-5-2-1-3-6-17/h1-6,9-10,13,19H,7-8,11-12,14-16H2. The molecule has 1 aliphatic heterocycles. The van der Waals surface area contributed by atoms with E-state index < -0.39 is 0 Å². The van der Waals surface area contributed by atoms with E-state index in [0.717, 1.165) is 24.2 Å². The highest BCUT2D eigenvalue weighted by Crippen LogP contribution is 2.21. The molecule has 1 saturated heterocycles. The van der Waals surface area contributed by atoms with E-state index in [1.54, 1.807) is 10.9 Å². The molecule has 4 rings (SSSR count). The molecule has 0 saturated carbocycles. The lowest BCUT2D eigenvalue weighted by atomic mass is 10.2. The smallest absolute Gasteiger partial charge is 0.224 e. The van der Waals surface area contributed by atoms with E-state index in [-0.39, 0.29) is 11.9 Å². The molecule has 1 unspecified atom stereocenters. The first kappa shape index (κ1) is 18.4.